The summed E-state index contributed by atoms with van der Waals surface area (Å²) in [5, 5.41) is 0. The van der Waals surface area contributed by atoms with Crippen LogP contribution in [0.1, 0.15) is 24.1 Å². The fourth-order valence-electron chi connectivity index (χ4n) is 2.82. The molecule has 22 heavy (non-hydrogen) atoms. The minimum Gasteiger partial charge on any atom is -0.372 e. The largest absolute Gasteiger partial charge is 0.372 e. The van der Waals surface area contributed by atoms with Crippen molar-refractivity contribution in [2.24, 2.45) is 0 Å². The second kappa shape index (κ2) is 6.51. The fraction of sp³-hybridized carbons (Fsp3) is 0.200. The van der Waals surface area contributed by atoms with Crippen molar-refractivity contribution in [1.29, 1.82) is 0 Å². The molecule has 0 aliphatic carbocycles. The van der Waals surface area contributed by atoms with Gasteiger partial charge in [-0.2, -0.15) is 0 Å². The van der Waals surface area contributed by atoms with Crippen molar-refractivity contribution in [3.05, 3.63) is 71.4 Å². The Kier molecular flexibility index (Phi) is 4.27. The lowest BCUT2D eigenvalue weighted by atomic mass is 9.93. The van der Waals surface area contributed by atoms with E-state index in [4.69, 9.17) is 4.74 Å². The van der Waals surface area contributed by atoms with Crippen molar-refractivity contribution in [3.63, 3.8) is 0 Å². The van der Waals surface area contributed by atoms with Crippen LogP contribution in [-0.4, -0.2) is 13.7 Å². The van der Waals surface area contributed by atoms with E-state index in [9.17, 15) is 0 Å². The van der Waals surface area contributed by atoms with Gasteiger partial charge in [-0.1, -0.05) is 54.3 Å². The van der Waals surface area contributed by atoms with Crippen LogP contribution in [0.3, 0.4) is 0 Å². The molecule has 0 N–H and O–H groups in total. The number of hydrogen-bond acceptors (Lipinski definition) is 2. The molecule has 3 rings (SSSR count). The van der Waals surface area contributed by atoms with Crippen LogP contribution in [0.4, 0.5) is 5.69 Å². The van der Waals surface area contributed by atoms with Crippen molar-refractivity contribution in [2.75, 3.05) is 18.6 Å². The van der Waals surface area contributed by atoms with Gasteiger partial charge in [0.05, 0.1) is 0 Å². The summed E-state index contributed by atoms with van der Waals surface area (Å²) in [7, 11) is 1.67. The molecular weight excluding hydrogens is 270 g/mol. The molecule has 1 aliphatic rings. The summed E-state index contributed by atoms with van der Waals surface area (Å²) in [4.78, 5) is 2.28. The van der Waals surface area contributed by atoms with Crippen molar-refractivity contribution < 1.29 is 4.74 Å². The van der Waals surface area contributed by atoms with Gasteiger partial charge >= 0.3 is 0 Å². The van der Waals surface area contributed by atoms with Crippen LogP contribution in [0.2, 0.25) is 0 Å². The smallest absolute Gasteiger partial charge is 0.121 e. The number of ether oxygens (including phenoxy) is 1. The summed E-state index contributed by atoms with van der Waals surface area (Å²) < 4.78 is 5.08. The molecule has 0 saturated heterocycles. The molecule has 0 fully saturated rings. The number of methoxy groups -OCH3 is 1. The Hall–Kier alpha value is -2.50. The molecule has 0 bridgehead atoms. The van der Waals surface area contributed by atoms with Crippen molar-refractivity contribution in [3.8, 4) is 11.8 Å². The van der Waals surface area contributed by atoms with Gasteiger partial charge in [0.2, 0.25) is 0 Å². The van der Waals surface area contributed by atoms with E-state index in [0.29, 0.717) is 6.61 Å². The van der Waals surface area contributed by atoms with E-state index in [2.05, 4.69) is 78.3 Å². The van der Waals surface area contributed by atoms with Gasteiger partial charge in [0.15, 0.2) is 0 Å². The van der Waals surface area contributed by atoms with Crippen LogP contribution in [0.15, 0.2) is 60.3 Å². The van der Waals surface area contributed by atoms with Crippen LogP contribution in [0.5, 0.6) is 0 Å². The lowest BCUT2D eigenvalue weighted by Crippen LogP contribution is -2.29. The lowest BCUT2D eigenvalue weighted by molar-refractivity contribution is 0.239. The highest BCUT2D eigenvalue weighted by Crippen LogP contribution is 2.37. The third-order valence-electron chi connectivity index (χ3n) is 3.78. The fourth-order valence-corrected chi connectivity index (χ4v) is 2.82. The number of fused-ring (bicyclic) bond motifs is 1. The average molecular weight is 289 g/mol. The van der Waals surface area contributed by atoms with Crippen LogP contribution in [0, 0.1) is 11.8 Å². The normalized spacial score (nSPS) is 16.4. The SMILES string of the molecule is COCC#CC1c2ccccc2C=C(C)N1c1ccccc1. The molecule has 0 radical (unpaired) electrons. The highest BCUT2D eigenvalue weighted by atomic mass is 16.5. The van der Waals surface area contributed by atoms with E-state index < -0.39 is 0 Å². The maximum absolute atomic E-state index is 5.08. The number of benzene rings is 2. The summed E-state index contributed by atoms with van der Waals surface area (Å²) in [6.45, 7) is 2.58. The van der Waals surface area contributed by atoms with Gasteiger partial charge in [-0.25, -0.2) is 0 Å². The highest BCUT2D eigenvalue weighted by molar-refractivity contribution is 5.71. The van der Waals surface area contributed by atoms with Crippen molar-refractivity contribution in [1.82, 2.24) is 0 Å². The van der Waals surface area contributed by atoms with Crippen molar-refractivity contribution >= 4 is 11.8 Å². The standard InChI is InChI=1S/C20H19NO/c1-16-15-17-9-6-7-12-19(17)20(13-8-14-22-2)21(16)18-10-4-3-5-11-18/h3-7,9-12,15,20H,14H2,1-2H3. The van der Waals surface area contributed by atoms with E-state index >= 15 is 0 Å². The zero-order valence-electron chi connectivity index (χ0n) is 12.9. The number of rotatable bonds is 2. The molecule has 1 atom stereocenters. The van der Waals surface area contributed by atoms with Crippen LogP contribution < -0.4 is 4.90 Å². The molecule has 0 amide bonds. The predicted molar refractivity (Wildman–Crippen MR) is 91.4 cm³/mol. The summed E-state index contributed by atoms with van der Waals surface area (Å²) in [5.41, 5.74) is 4.83. The van der Waals surface area contributed by atoms with Gasteiger partial charge < -0.3 is 9.64 Å². The third-order valence-corrected chi connectivity index (χ3v) is 3.78. The number of allylic oxidation sites excluding steroid dienone is 1. The van der Waals surface area contributed by atoms with Gasteiger partial charge in [0.1, 0.15) is 12.6 Å². The molecule has 0 spiro atoms. The minimum atomic E-state index is 0.0127. The Morgan fingerprint density at radius 2 is 1.77 bits per heavy atom. The second-order valence-electron chi connectivity index (χ2n) is 5.28. The second-order valence-corrected chi connectivity index (χ2v) is 5.28. The first-order valence-electron chi connectivity index (χ1n) is 7.40. The molecule has 2 nitrogen and oxygen atoms in total. The summed E-state index contributed by atoms with van der Waals surface area (Å²) in [6.07, 6.45) is 2.22. The van der Waals surface area contributed by atoms with Crippen LogP contribution >= 0.6 is 0 Å². The maximum Gasteiger partial charge on any atom is 0.121 e. The molecule has 2 aromatic carbocycles. The summed E-state index contributed by atoms with van der Waals surface area (Å²) in [5.74, 6) is 6.49. The highest BCUT2D eigenvalue weighted by Gasteiger charge is 2.26. The van der Waals surface area contributed by atoms with Gasteiger partial charge in [-0.15, -0.1) is 0 Å². The molecule has 1 aliphatic heterocycles. The first kappa shape index (κ1) is 14.4. The molecule has 0 aromatic heterocycles. The van der Waals surface area contributed by atoms with Gasteiger partial charge in [0, 0.05) is 18.5 Å². The van der Waals surface area contributed by atoms with Gasteiger partial charge in [-0.05, 0) is 36.3 Å². The Bertz CT molecular complexity index is 737. The molecule has 0 saturated carbocycles. The van der Waals surface area contributed by atoms with Crippen molar-refractivity contribution in [2.45, 2.75) is 13.0 Å². The Morgan fingerprint density at radius 1 is 1.05 bits per heavy atom. The quantitative estimate of drug-likeness (QED) is 0.766. The number of nitrogens with zero attached hydrogens (tertiary/aromatic N) is 1. The van der Waals surface area contributed by atoms with E-state index in [1.165, 1.54) is 16.8 Å². The maximum atomic E-state index is 5.08. The lowest BCUT2D eigenvalue weighted by Gasteiger charge is -2.35. The summed E-state index contributed by atoms with van der Waals surface area (Å²) in [6, 6.07) is 18.8. The van der Waals surface area contributed by atoms with Crippen LogP contribution in [-0.2, 0) is 4.74 Å². The molecule has 110 valence electrons. The van der Waals surface area contributed by atoms with E-state index in [-0.39, 0.29) is 6.04 Å². The zero-order chi connectivity index (χ0) is 15.4. The van der Waals surface area contributed by atoms with Crippen LogP contribution in [0.25, 0.3) is 6.08 Å². The molecule has 2 aromatic rings. The first-order chi connectivity index (χ1) is 10.8. The minimum absolute atomic E-state index is 0.0127. The number of hydrogen-bond donors (Lipinski definition) is 0. The Morgan fingerprint density at radius 3 is 2.55 bits per heavy atom. The Labute approximate surface area is 132 Å². The van der Waals surface area contributed by atoms with Gasteiger partial charge in [0.25, 0.3) is 0 Å². The third kappa shape index (κ3) is 2.77. The first-order valence-corrected chi connectivity index (χ1v) is 7.40. The molecule has 2 heteroatoms. The number of para-hydroxylation sites is 1. The van der Waals surface area contributed by atoms with Gasteiger partial charge in [-0.3, -0.25) is 0 Å². The van der Waals surface area contributed by atoms with E-state index in [1.807, 2.05) is 6.07 Å². The predicted octanol–water partition coefficient (Wildman–Crippen LogP) is 4.26. The molecule has 1 unspecified atom stereocenters. The Balaban J connectivity index is 2.10. The molecular formula is C20H19NO. The average Bonchev–Trinajstić information content (AvgIpc) is 2.55. The topological polar surface area (TPSA) is 12.5 Å². The zero-order valence-corrected chi connectivity index (χ0v) is 12.9. The molecule has 1 heterocycles. The summed E-state index contributed by atoms with van der Waals surface area (Å²) >= 11 is 0. The monoisotopic (exact) mass is 289 g/mol. The van der Waals surface area contributed by atoms with E-state index in [0.717, 1.165) is 5.69 Å². The van der Waals surface area contributed by atoms with E-state index in [1.54, 1.807) is 7.11 Å². The number of anilines is 1.